The molecule has 1 amide bonds. The number of rotatable bonds is 4. The zero-order valence-electron chi connectivity index (χ0n) is 13.2. The zero-order chi connectivity index (χ0) is 16.5. The van der Waals surface area contributed by atoms with Gasteiger partial charge >= 0.3 is 0 Å². The fraction of sp³-hybridized carbons (Fsp3) is 0.316. The molecule has 1 unspecified atom stereocenters. The molecular formula is C19H19ClN2OS. The van der Waals surface area contributed by atoms with Crippen LogP contribution in [0, 0.1) is 5.92 Å². The molecule has 5 heteroatoms. The van der Waals surface area contributed by atoms with Crippen LogP contribution in [0.15, 0.2) is 41.8 Å². The van der Waals surface area contributed by atoms with Crippen molar-refractivity contribution in [1.29, 1.82) is 0 Å². The third-order valence-electron chi connectivity index (χ3n) is 4.88. The predicted octanol–water partition coefficient (Wildman–Crippen LogP) is 5.54. The van der Waals surface area contributed by atoms with Gasteiger partial charge in [0.1, 0.15) is 5.69 Å². The number of para-hydroxylation sites is 1. The highest BCUT2D eigenvalue weighted by molar-refractivity contribution is 7.10. The van der Waals surface area contributed by atoms with Gasteiger partial charge in [0, 0.05) is 15.8 Å². The van der Waals surface area contributed by atoms with Crippen LogP contribution in [0.25, 0.3) is 10.9 Å². The Morgan fingerprint density at radius 2 is 2.00 bits per heavy atom. The van der Waals surface area contributed by atoms with Crippen molar-refractivity contribution < 1.29 is 4.79 Å². The smallest absolute Gasteiger partial charge is 0.269 e. The van der Waals surface area contributed by atoms with Gasteiger partial charge < -0.3 is 10.3 Å². The first-order valence-corrected chi connectivity index (χ1v) is 9.60. The quantitative estimate of drug-likeness (QED) is 0.631. The lowest BCUT2D eigenvalue weighted by Crippen LogP contribution is -2.32. The fourth-order valence-corrected chi connectivity index (χ4v) is 4.83. The van der Waals surface area contributed by atoms with E-state index in [0.29, 0.717) is 16.6 Å². The van der Waals surface area contributed by atoms with Crippen LogP contribution in [-0.2, 0) is 0 Å². The maximum atomic E-state index is 12.9. The number of thiophene rings is 1. The molecule has 0 bridgehead atoms. The maximum absolute atomic E-state index is 12.9. The number of carbonyl (C=O) groups excluding carboxylic acids is 1. The molecule has 1 saturated carbocycles. The third kappa shape index (κ3) is 2.85. The van der Waals surface area contributed by atoms with E-state index in [1.54, 1.807) is 11.3 Å². The molecule has 0 spiro atoms. The summed E-state index contributed by atoms with van der Waals surface area (Å²) in [5.41, 5.74) is 1.35. The van der Waals surface area contributed by atoms with Crippen molar-refractivity contribution in [3.05, 3.63) is 57.4 Å². The minimum Gasteiger partial charge on any atom is -0.349 e. The van der Waals surface area contributed by atoms with E-state index in [0.717, 1.165) is 10.9 Å². The van der Waals surface area contributed by atoms with Gasteiger partial charge in [0.25, 0.3) is 5.91 Å². The molecule has 1 aliphatic carbocycles. The van der Waals surface area contributed by atoms with Gasteiger partial charge in [-0.3, -0.25) is 4.79 Å². The average Bonchev–Trinajstić information content (AvgIpc) is 3.34. The second-order valence-electron chi connectivity index (χ2n) is 6.37. The number of halogens is 1. The number of aromatic nitrogens is 1. The first-order chi connectivity index (χ1) is 11.7. The normalized spacial score (nSPS) is 16.5. The number of benzene rings is 1. The fourth-order valence-electron chi connectivity index (χ4n) is 3.66. The maximum Gasteiger partial charge on any atom is 0.269 e. The first kappa shape index (κ1) is 15.7. The lowest BCUT2D eigenvalue weighted by Gasteiger charge is -2.23. The van der Waals surface area contributed by atoms with E-state index in [4.69, 9.17) is 11.6 Å². The van der Waals surface area contributed by atoms with Crippen molar-refractivity contribution in [2.45, 2.75) is 31.7 Å². The molecule has 1 atom stereocenters. The summed E-state index contributed by atoms with van der Waals surface area (Å²) in [5, 5.41) is 6.69. The summed E-state index contributed by atoms with van der Waals surface area (Å²) in [4.78, 5) is 17.3. The largest absolute Gasteiger partial charge is 0.349 e. The summed E-state index contributed by atoms with van der Waals surface area (Å²) in [6, 6.07) is 12.0. The molecular weight excluding hydrogens is 340 g/mol. The topological polar surface area (TPSA) is 44.9 Å². The van der Waals surface area contributed by atoms with Crippen LogP contribution >= 0.6 is 22.9 Å². The molecule has 2 aromatic heterocycles. The second-order valence-corrected chi connectivity index (χ2v) is 7.73. The number of H-pyrrole nitrogens is 1. The minimum absolute atomic E-state index is 0.0717. The minimum atomic E-state index is -0.124. The predicted molar refractivity (Wildman–Crippen MR) is 99.8 cm³/mol. The van der Waals surface area contributed by atoms with E-state index >= 15 is 0 Å². The van der Waals surface area contributed by atoms with Crippen molar-refractivity contribution in [3.63, 3.8) is 0 Å². The van der Waals surface area contributed by atoms with Gasteiger partial charge in [-0.1, -0.05) is 48.7 Å². The Morgan fingerprint density at radius 1 is 1.21 bits per heavy atom. The van der Waals surface area contributed by atoms with Crippen LogP contribution < -0.4 is 5.32 Å². The number of nitrogens with one attached hydrogen (secondary N) is 2. The Bertz CT molecular complexity index is 850. The number of fused-ring (bicyclic) bond motifs is 1. The number of carbonyl (C=O) groups is 1. The SMILES string of the molecule is O=C(NC(c1cccs1)C1CCCC1)c1[nH]c2ccccc2c1Cl. The highest BCUT2D eigenvalue weighted by Crippen LogP contribution is 2.38. The Balaban J connectivity index is 1.63. The van der Waals surface area contributed by atoms with Gasteiger partial charge in [0.15, 0.2) is 0 Å². The van der Waals surface area contributed by atoms with Gasteiger partial charge in [0.05, 0.1) is 11.1 Å². The zero-order valence-corrected chi connectivity index (χ0v) is 14.8. The molecule has 24 heavy (non-hydrogen) atoms. The van der Waals surface area contributed by atoms with E-state index in [1.165, 1.54) is 30.6 Å². The molecule has 2 heterocycles. The second kappa shape index (κ2) is 6.61. The Labute approximate surface area is 150 Å². The van der Waals surface area contributed by atoms with Crippen LogP contribution in [0.1, 0.15) is 47.1 Å². The highest BCUT2D eigenvalue weighted by atomic mass is 35.5. The molecule has 0 saturated heterocycles. The molecule has 3 nitrogen and oxygen atoms in total. The van der Waals surface area contributed by atoms with Crippen molar-refractivity contribution >= 4 is 39.7 Å². The Kier molecular flexibility index (Phi) is 4.33. The van der Waals surface area contributed by atoms with Crippen LogP contribution in [0.4, 0.5) is 0 Å². The summed E-state index contributed by atoms with van der Waals surface area (Å²) in [6.45, 7) is 0. The molecule has 1 fully saturated rings. The molecule has 1 aliphatic rings. The lowest BCUT2D eigenvalue weighted by atomic mass is 9.96. The molecule has 2 N–H and O–H groups in total. The van der Waals surface area contributed by atoms with Crippen molar-refractivity contribution in [2.24, 2.45) is 5.92 Å². The summed E-state index contributed by atoms with van der Waals surface area (Å²) in [5.74, 6) is 0.386. The van der Waals surface area contributed by atoms with E-state index in [1.807, 2.05) is 30.3 Å². The van der Waals surface area contributed by atoms with Gasteiger partial charge in [-0.15, -0.1) is 11.3 Å². The van der Waals surface area contributed by atoms with Gasteiger partial charge in [-0.05, 0) is 36.3 Å². The number of hydrogen-bond donors (Lipinski definition) is 2. The number of hydrogen-bond acceptors (Lipinski definition) is 2. The van der Waals surface area contributed by atoms with Crippen LogP contribution in [0.3, 0.4) is 0 Å². The number of aromatic amines is 1. The summed E-state index contributed by atoms with van der Waals surface area (Å²) >= 11 is 8.14. The van der Waals surface area contributed by atoms with Gasteiger partial charge in [-0.25, -0.2) is 0 Å². The molecule has 1 aromatic carbocycles. The molecule has 3 aromatic rings. The standard InChI is InChI=1S/C19H19ClN2OS/c20-16-13-8-3-4-9-14(13)21-18(16)19(23)22-17(12-6-1-2-7-12)15-10-5-11-24-15/h3-5,8-12,17,21H,1-2,6-7H2,(H,22,23). The van der Waals surface area contributed by atoms with Gasteiger partial charge in [0.2, 0.25) is 0 Å². The van der Waals surface area contributed by atoms with Crippen molar-refractivity contribution in [3.8, 4) is 0 Å². The summed E-state index contributed by atoms with van der Waals surface area (Å²) in [7, 11) is 0. The van der Waals surface area contributed by atoms with Crippen LogP contribution in [0.2, 0.25) is 5.02 Å². The van der Waals surface area contributed by atoms with Crippen LogP contribution in [-0.4, -0.2) is 10.9 Å². The monoisotopic (exact) mass is 358 g/mol. The van der Waals surface area contributed by atoms with E-state index in [9.17, 15) is 4.79 Å². The number of amides is 1. The highest BCUT2D eigenvalue weighted by Gasteiger charge is 2.29. The average molecular weight is 359 g/mol. The van der Waals surface area contributed by atoms with Gasteiger partial charge in [-0.2, -0.15) is 0 Å². The van der Waals surface area contributed by atoms with E-state index in [2.05, 4.69) is 21.7 Å². The van der Waals surface area contributed by atoms with Crippen molar-refractivity contribution in [1.82, 2.24) is 10.3 Å². The third-order valence-corrected chi connectivity index (χ3v) is 6.23. The molecule has 0 radical (unpaired) electrons. The van der Waals surface area contributed by atoms with Crippen LogP contribution in [0.5, 0.6) is 0 Å². The molecule has 4 rings (SSSR count). The first-order valence-electron chi connectivity index (χ1n) is 8.34. The molecule has 124 valence electrons. The lowest BCUT2D eigenvalue weighted by molar-refractivity contribution is 0.0918. The Morgan fingerprint density at radius 3 is 2.71 bits per heavy atom. The van der Waals surface area contributed by atoms with E-state index < -0.39 is 0 Å². The van der Waals surface area contributed by atoms with Crippen molar-refractivity contribution in [2.75, 3.05) is 0 Å². The van der Waals surface area contributed by atoms with E-state index in [-0.39, 0.29) is 11.9 Å². The Hall–Kier alpha value is -1.78. The summed E-state index contributed by atoms with van der Waals surface area (Å²) < 4.78 is 0. The molecule has 0 aliphatic heterocycles. The summed E-state index contributed by atoms with van der Waals surface area (Å²) in [6.07, 6.45) is 4.83.